The molecule has 1 aromatic rings. The van der Waals surface area contributed by atoms with E-state index in [1.165, 1.54) is 0 Å². The van der Waals surface area contributed by atoms with Crippen molar-refractivity contribution in [1.82, 2.24) is 10.3 Å². The summed E-state index contributed by atoms with van der Waals surface area (Å²) in [5.41, 5.74) is 1.43. The summed E-state index contributed by atoms with van der Waals surface area (Å²) < 4.78 is 0. The molecule has 0 fully saturated rings. The Kier molecular flexibility index (Phi) is 6.10. The summed E-state index contributed by atoms with van der Waals surface area (Å²) in [6.07, 6.45) is 6.77. The van der Waals surface area contributed by atoms with Crippen molar-refractivity contribution in [2.45, 2.75) is 6.54 Å². The molecule has 0 amide bonds. The minimum Gasteiger partial charge on any atom is -0.312 e. The molecule has 0 atom stereocenters. The van der Waals surface area contributed by atoms with Gasteiger partial charge in [-0.15, -0.1) is 18.2 Å². The molecule has 16 heavy (non-hydrogen) atoms. The van der Waals surface area contributed by atoms with Crippen molar-refractivity contribution < 1.29 is 0 Å². The van der Waals surface area contributed by atoms with Crippen molar-refractivity contribution in [3.63, 3.8) is 0 Å². The van der Waals surface area contributed by atoms with Crippen LogP contribution in [0.5, 0.6) is 0 Å². The van der Waals surface area contributed by atoms with Crippen LogP contribution in [-0.4, -0.2) is 23.0 Å². The highest BCUT2D eigenvalue weighted by Crippen LogP contribution is 2.03. The first kappa shape index (κ1) is 12.6. The van der Waals surface area contributed by atoms with Crippen LogP contribution >= 0.6 is 11.8 Å². The smallest absolute Gasteiger partial charge is 0.144 e. The van der Waals surface area contributed by atoms with Gasteiger partial charge in [-0.3, -0.25) is 0 Å². The molecule has 0 aliphatic heterocycles. The average Bonchev–Trinajstić information content (AvgIpc) is 2.34. The van der Waals surface area contributed by atoms with E-state index in [4.69, 9.17) is 11.7 Å². The first-order valence-electron chi connectivity index (χ1n) is 4.94. The topological polar surface area (TPSA) is 48.7 Å². The van der Waals surface area contributed by atoms with Crippen LogP contribution < -0.4 is 5.32 Å². The molecule has 0 aromatic carbocycles. The third-order valence-corrected chi connectivity index (χ3v) is 2.78. The molecule has 1 aromatic heterocycles. The van der Waals surface area contributed by atoms with E-state index in [2.05, 4.69) is 22.3 Å². The fourth-order valence-electron chi connectivity index (χ4n) is 1.18. The first-order valence-corrected chi connectivity index (χ1v) is 6.10. The van der Waals surface area contributed by atoms with E-state index in [0.717, 1.165) is 23.6 Å². The van der Waals surface area contributed by atoms with Crippen molar-refractivity contribution in [3.8, 4) is 18.4 Å². The number of nitrogens with one attached hydrogen (secondary N) is 1. The molecule has 3 nitrogen and oxygen atoms in total. The Hall–Kier alpha value is -1.49. The number of aromatic nitrogens is 1. The number of pyridine rings is 1. The van der Waals surface area contributed by atoms with Crippen LogP contribution in [0.1, 0.15) is 11.3 Å². The molecule has 0 unspecified atom stereocenters. The Morgan fingerprint density at radius 1 is 1.56 bits per heavy atom. The van der Waals surface area contributed by atoms with Gasteiger partial charge in [-0.05, 0) is 6.07 Å². The fourth-order valence-corrected chi connectivity index (χ4v) is 1.73. The quantitative estimate of drug-likeness (QED) is 0.594. The van der Waals surface area contributed by atoms with Crippen LogP contribution in [-0.2, 0) is 6.54 Å². The summed E-state index contributed by atoms with van der Waals surface area (Å²) in [6.45, 7) is 1.56. The molecule has 0 aliphatic rings. The first-order chi connectivity index (χ1) is 7.88. The van der Waals surface area contributed by atoms with Crippen molar-refractivity contribution in [3.05, 3.63) is 29.6 Å². The maximum Gasteiger partial charge on any atom is 0.144 e. The Labute approximate surface area is 100 Å². The Bertz CT molecular complexity index is 403. The van der Waals surface area contributed by atoms with Crippen molar-refractivity contribution in [2.24, 2.45) is 0 Å². The zero-order chi connectivity index (χ0) is 11.6. The predicted molar refractivity (Wildman–Crippen MR) is 66.8 cm³/mol. The minimum atomic E-state index is 0.492. The van der Waals surface area contributed by atoms with Gasteiger partial charge in [0.2, 0.25) is 0 Å². The molecule has 1 rings (SSSR count). The van der Waals surface area contributed by atoms with Crippen molar-refractivity contribution in [1.29, 1.82) is 5.26 Å². The number of nitriles is 1. The molecule has 0 bridgehead atoms. The van der Waals surface area contributed by atoms with Crippen LogP contribution in [0.15, 0.2) is 18.3 Å². The molecule has 1 N–H and O–H groups in total. The van der Waals surface area contributed by atoms with Gasteiger partial charge >= 0.3 is 0 Å². The minimum absolute atomic E-state index is 0.492. The molecule has 0 radical (unpaired) electrons. The third-order valence-electron chi connectivity index (χ3n) is 1.92. The van der Waals surface area contributed by atoms with E-state index in [9.17, 15) is 0 Å². The Morgan fingerprint density at radius 2 is 2.44 bits per heavy atom. The molecule has 1 heterocycles. The molecule has 0 aliphatic carbocycles. The lowest BCUT2D eigenvalue weighted by Gasteiger charge is -2.04. The molecule has 0 saturated heterocycles. The van der Waals surface area contributed by atoms with Gasteiger partial charge in [-0.1, -0.05) is 12.0 Å². The second-order valence-corrected chi connectivity index (χ2v) is 4.16. The van der Waals surface area contributed by atoms with E-state index < -0.39 is 0 Å². The number of thioether (sulfide) groups is 1. The van der Waals surface area contributed by atoms with E-state index in [1.54, 1.807) is 18.0 Å². The van der Waals surface area contributed by atoms with Crippen LogP contribution in [0.3, 0.4) is 0 Å². The molecular weight excluding hydrogens is 218 g/mol. The van der Waals surface area contributed by atoms with E-state index in [-0.39, 0.29) is 0 Å². The summed E-state index contributed by atoms with van der Waals surface area (Å²) in [5.74, 6) is 4.30. The normalized spacial score (nSPS) is 9.38. The maximum atomic E-state index is 8.82. The number of nitrogens with zero attached hydrogens (tertiary/aromatic N) is 2. The van der Waals surface area contributed by atoms with Gasteiger partial charge in [-0.2, -0.15) is 5.26 Å². The summed E-state index contributed by atoms with van der Waals surface area (Å²) in [4.78, 5) is 3.99. The second-order valence-electron chi connectivity index (χ2n) is 3.06. The van der Waals surface area contributed by atoms with Gasteiger partial charge in [0.05, 0.1) is 5.75 Å². The highest BCUT2D eigenvalue weighted by atomic mass is 32.2. The highest BCUT2D eigenvalue weighted by molar-refractivity contribution is 7.99. The van der Waals surface area contributed by atoms with Crippen molar-refractivity contribution >= 4 is 11.8 Å². The molecule has 0 saturated carbocycles. The summed E-state index contributed by atoms with van der Waals surface area (Å²) in [7, 11) is 0. The fraction of sp³-hybridized carbons (Fsp3) is 0.333. The predicted octanol–water partition coefficient (Wildman–Crippen LogP) is 1.41. The summed E-state index contributed by atoms with van der Waals surface area (Å²) in [5, 5.41) is 12.1. The largest absolute Gasteiger partial charge is 0.312 e. The van der Waals surface area contributed by atoms with Gasteiger partial charge in [-0.25, -0.2) is 4.98 Å². The zero-order valence-electron chi connectivity index (χ0n) is 8.94. The van der Waals surface area contributed by atoms with Crippen LogP contribution in [0.4, 0.5) is 0 Å². The number of hydrogen-bond acceptors (Lipinski definition) is 4. The molecular formula is C12H13N3S. The van der Waals surface area contributed by atoms with Crippen LogP contribution in [0, 0.1) is 23.7 Å². The lowest BCUT2D eigenvalue weighted by molar-refractivity contribution is 0.728. The summed E-state index contributed by atoms with van der Waals surface area (Å²) in [6, 6.07) is 5.82. The van der Waals surface area contributed by atoms with E-state index in [0.29, 0.717) is 12.2 Å². The Balaban J connectivity index is 2.27. The van der Waals surface area contributed by atoms with E-state index in [1.807, 2.05) is 12.1 Å². The van der Waals surface area contributed by atoms with Gasteiger partial charge in [0, 0.05) is 30.6 Å². The maximum absolute atomic E-state index is 8.82. The van der Waals surface area contributed by atoms with Crippen LogP contribution in [0.25, 0.3) is 0 Å². The number of rotatable bonds is 6. The monoisotopic (exact) mass is 231 g/mol. The number of hydrogen-bond donors (Lipinski definition) is 1. The lowest BCUT2D eigenvalue weighted by Crippen LogP contribution is -2.17. The van der Waals surface area contributed by atoms with Gasteiger partial charge in [0.15, 0.2) is 0 Å². The zero-order valence-corrected chi connectivity index (χ0v) is 9.76. The number of terminal acetylenes is 1. The Morgan fingerprint density at radius 3 is 3.19 bits per heavy atom. The van der Waals surface area contributed by atoms with Crippen LogP contribution in [0.2, 0.25) is 0 Å². The molecule has 0 spiro atoms. The van der Waals surface area contributed by atoms with E-state index >= 15 is 0 Å². The van der Waals surface area contributed by atoms with Gasteiger partial charge < -0.3 is 5.32 Å². The standard InChI is InChI=1S/C12H13N3S/c1-2-7-16-8-6-14-10-11-4-3-5-15-12(11)9-13/h1,3-5,14H,6-8,10H2. The highest BCUT2D eigenvalue weighted by Gasteiger charge is 2.00. The second kappa shape index (κ2) is 7.76. The van der Waals surface area contributed by atoms with Gasteiger partial charge in [0.25, 0.3) is 0 Å². The molecule has 4 heteroatoms. The average molecular weight is 231 g/mol. The molecule has 82 valence electrons. The SMILES string of the molecule is C#CCSCCNCc1cccnc1C#N. The third kappa shape index (κ3) is 4.35. The van der Waals surface area contributed by atoms with Crippen molar-refractivity contribution in [2.75, 3.05) is 18.1 Å². The summed E-state index contributed by atoms with van der Waals surface area (Å²) >= 11 is 1.72. The van der Waals surface area contributed by atoms with Gasteiger partial charge in [0.1, 0.15) is 11.8 Å². The lowest BCUT2D eigenvalue weighted by atomic mass is 10.2.